The van der Waals surface area contributed by atoms with Crippen molar-refractivity contribution in [3.63, 3.8) is 0 Å². The van der Waals surface area contributed by atoms with Gasteiger partial charge in [0.2, 0.25) is 0 Å². The van der Waals surface area contributed by atoms with Gasteiger partial charge in [-0.2, -0.15) is 4.98 Å². The summed E-state index contributed by atoms with van der Waals surface area (Å²) in [6.07, 6.45) is 0. The summed E-state index contributed by atoms with van der Waals surface area (Å²) in [5, 5.41) is 9.08. The van der Waals surface area contributed by atoms with Crippen molar-refractivity contribution in [1.29, 1.82) is 0 Å². The van der Waals surface area contributed by atoms with Gasteiger partial charge in [-0.05, 0) is 18.2 Å². The van der Waals surface area contributed by atoms with Gasteiger partial charge in [0.25, 0.3) is 6.01 Å². The molecule has 0 aliphatic rings. The van der Waals surface area contributed by atoms with Crippen LogP contribution in [0.4, 0.5) is 6.01 Å². The van der Waals surface area contributed by atoms with Gasteiger partial charge >= 0.3 is 5.97 Å². The molecule has 19 heavy (non-hydrogen) atoms. The highest BCUT2D eigenvalue weighted by atomic mass is 16.5. The fraction of sp³-hybridized carbons (Fsp3) is 0.167. The molecule has 0 spiro atoms. The molecule has 0 aliphatic heterocycles. The molecule has 0 atom stereocenters. The number of nitrogens with two attached hydrogens (primary N) is 1. The minimum atomic E-state index is -1.24. The fourth-order valence-electron chi connectivity index (χ4n) is 1.66. The van der Waals surface area contributed by atoms with E-state index >= 15 is 0 Å². The van der Waals surface area contributed by atoms with E-state index in [0.717, 1.165) is 0 Å². The Morgan fingerprint density at radius 3 is 2.68 bits per heavy atom. The number of hydrogen-bond donors (Lipinski definition) is 2. The smallest absolute Gasteiger partial charge is 0.358 e. The number of carboxylic acids is 1. The van der Waals surface area contributed by atoms with Crippen LogP contribution in [0.1, 0.15) is 10.5 Å². The van der Waals surface area contributed by atoms with E-state index in [1.165, 1.54) is 14.2 Å². The van der Waals surface area contributed by atoms with E-state index in [1.54, 1.807) is 18.2 Å². The van der Waals surface area contributed by atoms with Crippen molar-refractivity contribution < 1.29 is 23.8 Å². The Hall–Kier alpha value is -2.70. The minimum absolute atomic E-state index is 0.0285. The van der Waals surface area contributed by atoms with E-state index in [0.29, 0.717) is 17.1 Å². The van der Waals surface area contributed by atoms with Gasteiger partial charge in [-0.3, -0.25) is 0 Å². The quantitative estimate of drug-likeness (QED) is 0.864. The highest BCUT2D eigenvalue weighted by molar-refractivity contribution is 5.93. The second-order valence-corrected chi connectivity index (χ2v) is 3.60. The number of carboxylic acid groups (broad SMARTS) is 1. The number of aromatic carboxylic acids is 1. The molecule has 2 aromatic rings. The monoisotopic (exact) mass is 264 g/mol. The van der Waals surface area contributed by atoms with E-state index in [-0.39, 0.29) is 17.5 Å². The third-order valence-corrected chi connectivity index (χ3v) is 2.50. The maximum atomic E-state index is 11.1. The van der Waals surface area contributed by atoms with Gasteiger partial charge in [-0.15, -0.1) is 0 Å². The molecule has 1 aromatic carbocycles. The van der Waals surface area contributed by atoms with Crippen molar-refractivity contribution in [2.75, 3.05) is 20.0 Å². The van der Waals surface area contributed by atoms with E-state index in [4.69, 9.17) is 24.7 Å². The summed E-state index contributed by atoms with van der Waals surface area (Å²) in [6.45, 7) is 0. The molecule has 0 unspecified atom stereocenters. The number of oxazole rings is 1. The maximum absolute atomic E-state index is 11.1. The highest BCUT2D eigenvalue weighted by Gasteiger charge is 2.23. The predicted molar refractivity (Wildman–Crippen MR) is 66.4 cm³/mol. The predicted octanol–water partition coefficient (Wildman–Crippen LogP) is 1.64. The molecule has 1 heterocycles. The molecule has 0 radical (unpaired) electrons. The molecule has 0 saturated carbocycles. The average molecular weight is 264 g/mol. The Morgan fingerprint density at radius 1 is 1.37 bits per heavy atom. The van der Waals surface area contributed by atoms with Crippen LogP contribution in [0.3, 0.4) is 0 Å². The molecule has 0 amide bonds. The van der Waals surface area contributed by atoms with Crippen LogP contribution in [-0.4, -0.2) is 30.3 Å². The minimum Gasteiger partial charge on any atom is -0.497 e. The lowest BCUT2D eigenvalue weighted by Gasteiger charge is -2.08. The summed E-state index contributed by atoms with van der Waals surface area (Å²) in [5.41, 5.74) is 5.54. The second kappa shape index (κ2) is 4.89. The number of carbonyl (C=O) groups is 1. The topological polar surface area (TPSA) is 108 Å². The molecule has 2 rings (SSSR count). The maximum Gasteiger partial charge on any atom is 0.358 e. The lowest BCUT2D eigenvalue weighted by atomic mass is 10.1. The van der Waals surface area contributed by atoms with Crippen molar-refractivity contribution >= 4 is 12.0 Å². The number of rotatable bonds is 4. The second-order valence-electron chi connectivity index (χ2n) is 3.60. The zero-order valence-corrected chi connectivity index (χ0v) is 10.3. The Labute approximate surface area is 108 Å². The van der Waals surface area contributed by atoms with Gasteiger partial charge < -0.3 is 24.7 Å². The van der Waals surface area contributed by atoms with Crippen LogP contribution in [0.2, 0.25) is 0 Å². The summed E-state index contributed by atoms with van der Waals surface area (Å²) in [6, 6.07) is 4.68. The van der Waals surface area contributed by atoms with Gasteiger partial charge in [0.1, 0.15) is 11.5 Å². The zero-order valence-electron chi connectivity index (χ0n) is 10.3. The molecule has 0 fully saturated rings. The summed E-state index contributed by atoms with van der Waals surface area (Å²) >= 11 is 0. The average Bonchev–Trinajstić information content (AvgIpc) is 2.80. The summed E-state index contributed by atoms with van der Waals surface area (Å²) in [4.78, 5) is 14.7. The first-order valence-corrected chi connectivity index (χ1v) is 5.28. The Bertz CT molecular complexity index is 621. The van der Waals surface area contributed by atoms with Gasteiger partial charge in [0, 0.05) is 0 Å². The Morgan fingerprint density at radius 2 is 2.11 bits per heavy atom. The zero-order chi connectivity index (χ0) is 14.0. The summed E-state index contributed by atoms with van der Waals surface area (Å²) in [7, 11) is 2.96. The fourth-order valence-corrected chi connectivity index (χ4v) is 1.66. The van der Waals surface area contributed by atoms with Gasteiger partial charge in [-0.25, -0.2) is 4.79 Å². The van der Waals surface area contributed by atoms with E-state index < -0.39 is 5.97 Å². The third kappa shape index (κ3) is 2.30. The van der Waals surface area contributed by atoms with Gasteiger partial charge in [-0.1, -0.05) is 0 Å². The molecule has 7 heteroatoms. The number of nitrogen functional groups attached to an aromatic ring is 1. The number of aromatic nitrogens is 1. The van der Waals surface area contributed by atoms with Crippen molar-refractivity contribution in [1.82, 2.24) is 4.98 Å². The molecule has 100 valence electrons. The number of anilines is 1. The standard InChI is InChI=1S/C12H12N2O5/c1-17-6-3-4-8(18-2)7(5-6)10-9(11(15)16)14-12(13)19-10/h3-5H,1-2H3,(H2,13,14)(H,15,16). The molecular weight excluding hydrogens is 252 g/mol. The van der Waals surface area contributed by atoms with Crippen molar-refractivity contribution in [2.24, 2.45) is 0 Å². The highest BCUT2D eigenvalue weighted by Crippen LogP contribution is 2.36. The first kappa shape index (κ1) is 12.7. The van der Waals surface area contributed by atoms with Crippen LogP contribution in [-0.2, 0) is 0 Å². The van der Waals surface area contributed by atoms with Crippen LogP contribution in [0.5, 0.6) is 11.5 Å². The Balaban J connectivity index is 2.66. The summed E-state index contributed by atoms with van der Waals surface area (Å²) in [5.74, 6) is -0.248. The molecule has 3 N–H and O–H groups in total. The normalized spacial score (nSPS) is 10.2. The van der Waals surface area contributed by atoms with Crippen molar-refractivity contribution in [3.8, 4) is 22.8 Å². The Kier molecular flexibility index (Phi) is 3.28. The van der Waals surface area contributed by atoms with E-state index in [1.807, 2.05) is 0 Å². The summed E-state index contributed by atoms with van der Waals surface area (Å²) < 4.78 is 15.4. The number of hydrogen-bond acceptors (Lipinski definition) is 6. The first-order chi connectivity index (χ1) is 9.06. The lowest BCUT2D eigenvalue weighted by Crippen LogP contribution is -2.00. The van der Waals surface area contributed by atoms with Crippen LogP contribution >= 0.6 is 0 Å². The third-order valence-electron chi connectivity index (χ3n) is 2.50. The lowest BCUT2D eigenvalue weighted by molar-refractivity contribution is 0.0691. The molecule has 0 saturated heterocycles. The SMILES string of the molecule is COc1ccc(OC)c(-c2oc(N)nc2C(=O)O)c1. The number of ether oxygens (including phenoxy) is 2. The number of benzene rings is 1. The van der Waals surface area contributed by atoms with Crippen molar-refractivity contribution in [2.45, 2.75) is 0 Å². The first-order valence-electron chi connectivity index (χ1n) is 5.28. The molecule has 7 nitrogen and oxygen atoms in total. The van der Waals surface area contributed by atoms with Crippen LogP contribution in [0.25, 0.3) is 11.3 Å². The van der Waals surface area contributed by atoms with Crippen LogP contribution in [0, 0.1) is 0 Å². The van der Waals surface area contributed by atoms with Gasteiger partial charge in [0.05, 0.1) is 19.8 Å². The number of methoxy groups -OCH3 is 2. The van der Waals surface area contributed by atoms with Crippen LogP contribution in [0.15, 0.2) is 22.6 Å². The largest absolute Gasteiger partial charge is 0.497 e. The molecule has 0 aliphatic carbocycles. The van der Waals surface area contributed by atoms with E-state index in [2.05, 4.69) is 4.98 Å². The van der Waals surface area contributed by atoms with Crippen LogP contribution < -0.4 is 15.2 Å². The number of nitrogens with zero attached hydrogens (tertiary/aromatic N) is 1. The molecule has 0 bridgehead atoms. The van der Waals surface area contributed by atoms with Gasteiger partial charge in [0.15, 0.2) is 11.5 Å². The molecule has 1 aromatic heterocycles. The van der Waals surface area contributed by atoms with E-state index in [9.17, 15) is 4.79 Å². The molecular formula is C12H12N2O5. The van der Waals surface area contributed by atoms with Crippen molar-refractivity contribution in [3.05, 3.63) is 23.9 Å².